The summed E-state index contributed by atoms with van der Waals surface area (Å²) < 4.78 is 2.36. The summed E-state index contributed by atoms with van der Waals surface area (Å²) in [5.74, 6) is 0.347. The summed E-state index contributed by atoms with van der Waals surface area (Å²) in [6.07, 6.45) is 14.5. The Morgan fingerprint density at radius 3 is 2.19 bits per heavy atom. The number of nitrogens with zero attached hydrogens (tertiary/aromatic N) is 2. The largest absolute Gasteiger partial charge is 0.292 e. The van der Waals surface area contributed by atoms with Gasteiger partial charge in [-0.05, 0) is 105 Å². The first-order valence-electron chi connectivity index (χ1n) is 16.7. The Hall–Kier alpha value is -5.73. The smallest absolute Gasteiger partial charge is 0.146 e. The maximum absolute atomic E-state index is 5.21. The number of fused-ring (bicyclic) bond motifs is 10. The number of para-hydroxylation sites is 3. The van der Waals surface area contributed by atoms with Crippen LogP contribution in [0.15, 0.2) is 146 Å². The number of hydrogen-bond donors (Lipinski definition) is 0. The molecule has 2 heteroatoms. The van der Waals surface area contributed by atoms with E-state index in [0.717, 1.165) is 35.9 Å². The molecule has 0 saturated heterocycles. The minimum atomic E-state index is 0.347. The Kier molecular flexibility index (Phi) is 5.86. The zero-order chi connectivity index (χ0) is 30.9. The molecule has 1 unspecified atom stereocenters. The minimum Gasteiger partial charge on any atom is -0.292 e. The fourth-order valence-corrected chi connectivity index (χ4v) is 8.33. The number of aryl methyl sites for hydroxylation is 1. The number of imidazole rings is 1. The van der Waals surface area contributed by atoms with E-state index in [1.54, 1.807) is 0 Å². The predicted octanol–water partition coefficient (Wildman–Crippen LogP) is 11.7. The zero-order valence-electron chi connectivity index (χ0n) is 26.0. The molecule has 0 spiro atoms. The highest BCUT2D eigenvalue weighted by Crippen LogP contribution is 2.45. The van der Waals surface area contributed by atoms with E-state index in [1.807, 2.05) is 0 Å². The third-order valence-electron chi connectivity index (χ3n) is 10.4. The van der Waals surface area contributed by atoms with Gasteiger partial charge in [0, 0.05) is 16.9 Å². The standard InChI is InChI=1S/C45H32N2/c1-3-13-29(14-4-1)43-35-18-7-8-19-36(35)44(30-15-5-2-6-16-30)38-27-31(24-26-37(38)43)32-23-25-33-34-17-9-11-21-41(34)47-42-22-12-10-20-40(42)46-45(47)39(33)28-32/h1-13,15-22,24,26-29H,14,23,25H2. The van der Waals surface area contributed by atoms with Crippen molar-refractivity contribution in [3.63, 3.8) is 0 Å². The van der Waals surface area contributed by atoms with Crippen LogP contribution in [-0.4, -0.2) is 9.38 Å². The number of rotatable bonds is 3. The molecule has 0 bridgehead atoms. The summed E-state index contributed by atoms with van der Waals surface area (Å²) in [6, 6.07) is 44.6. The van der Waals surface area contributed by atoms with Crippen molar-refractivity contribution in [3.05, 3.63) is 168 Å². The van der Waals surface area contributed by atoms with Crippen LogP contribution in [0.2, 0.25) is 0 Å². The molecule has 2 aliphatic carbocycles. The maximum Gasteiger partial charge on any atom is 0.146 e. The van der Waals surface area contributed by atoms with Gasteiger partial charge in [-0.25, -0.2) is 4.98 Å². The van der Waals surface area contributed by atoms with Crippen LogP contribution < -0.4 is 0 Å². The molecule has 0 N–H and O–H groups in total. The first kappa shape index (κ1) is 26.5. The van der Waals surface area contributed by atoms with Gasteiger partial charge in [0.2, 0.25) is 0 Å². The quantitative estimate of drug-likeness (QED) is 0.184. The van der Waals surface area contributed by atoms with E-state index in [4.69, 9.17) is 4.98 Å². The molecule has 0 radical (unpaired) electrons. The average Bonchev–Trinajstić information content (AvgIpc) is 3.54. The second kappa shape index (κ2) is 10.4. The molecule has 8 aromatic rings. The highest BCUT2D eigenvalue weighted by Gasteiger charge is 2.24. The molecule has 0 saturated carbocycles. The first-order valence-corrected chi connectivity index (χ1v) is 16.7. The van der Waals surface area contributed by atoms with Crippen molar-refractivity contribution >= 4 is 60.8 Å². The molecule has 2 nitrogen and oxygen atoms in total. The van der Waals surface area contributed by atoms with Crippen LogP contribution in [-0.2, 0) is 6.42 Å². The van der Waals surface area contributed by atoms with E-state index in [0.29, 0.717) is 5.92 Å². The van der Waals surface area contributed by atoms with Crippen LogP contribution >= 0.6 is 0 Å². The van der Waals surface area contributed by atoms with E-state index < -0.39 is 0 Å². The van der Waals surface area contributed by atoms with Gasteiger partial charge in [-0.3, -0.25) is 4.40 Å². The number of aromatic nitrogens is 2. The van der Waals surface area contributed by atoms with Crippen molar-refractivity contribution < 1.29 is 0 Å². The van der Waals surface area contributed by atoms with Crippen LogP contribution in [0.3, 0.4) is 0 Å². The Morgan fingerprint density at radius 2 is 1.34 bits per heavy atom. The Labute approximate surface area is 273 Å². The van der Waals surface area contributed by atoms with Gasteiger partial charge in [0.25, 0.3) is 0 Å². The summed E-state index contributed by atoms with van der Waals surface area (Å²) >= 11 is 0. The van der Waals surface area contributed by atoms with Crippen molar-refractivity contribution in [2.24, 2.45) is 0 Å². The molecule has 0 aliphatic heterocycles. The Bertz CT molecular complexity index is 2650. The fourth-order valence-electron chi connectivity index (χ4n) is 8.33. The van der Waals surface area contributed by atoms with Crippen molar-refractivity contribution in [1.82, 2.24) is 9.38 Å². The molecular weight excluding hydrogens is 569 g/mol. The topological polar surface area (TPSA) is 17.3 Å². The zero-order valence-corrected chi connectivity index (χ0v) is 26.0. The first-order chi connectivity index (χ1) is 23.3. The van der Waals surface area contributed by atoms with Crippen molar-refractivity contribution in [1.29, 1.82) is 0 Å². The molecule has 2 heterocycles. The third kappa shape index (κ3) is 4.01. The average molecular weight is 601 g/mol. The number of allylic oxidation sites excluding steroid dienone is 5. The van der Waals surface area contributed by atoms with Gasteiger partial charge in [0.1, 0.15) is 5.65 Å². The van der Waals surface area contributed by atoms with E-state index in [1.165, 1.54) is 71.4 Å². The van der Waals surface area contributed by atoms with Gasteiger partial charge in [0.15, 0.2) is 0 Å². The van der Waals surface area contributed by atoms with Gasteiger partial charge in [-0.2, -0.15) is 0 Å². The molecule has 47 heavy (non-hydrogen) atoms. The van der Waals surface area contributed by atoms with E-state index >= 15 is 0 Å². The second-order valence-electron chi connectivity index (χ2n) is 13.0. The maximum atomic E-state index is 5.21. The summed E-state index contributed by atoms with van der Waals surface area (Å²) in [5.41, 5.74) is 13.8. The van der Waals surface area contributed by atoms with Crippen molar-refractivity contribution in [2.45, 2.75) is 25.2 Å². The number of hydrogen-bond acceptors (Lipinski definition) is 1. The lowest BCUT2D eigenvalue weighted by Crippen LogP contribution is -2.05. The predicted molar refractivity (Wildman–Crippen MR) is 199 cm³/mol. The number of pyridine rings is 1. The van der Waals surface area contributed by atoms with Crippen molar-refractivity contribution in [2.75, 3.05) is 0 Å². The number of benzene rings is 6. The molecule has 6 aromatic carbocycles. The van der Waals surface area contributed by atoms with Gasteiger partial charge < -0.3 is 0 Å². The van der Waals surface area contributed by atoms with Crippen LogP contribution in [0, 0.1) is 0 Å². The van der Waals surface area contributed by atoms with Crippen LogP contribution in [0.25, 0.3) is 71.9 Å². The summed E-state index contributed by atoms with van der Waals surface area (Å²) in [4.78, 5) is 5.21. The summed E-state index contributed by atoms with van der Waals surface area (Å²) in [6.45, 7) is 0. The second-order valence-corrected chi connectivity index (χ2v) is 13.0. The summed E-state index contributed by atoms with van der Waals surface area (Å²) in [7, 11) is 0. The molecule has 10 rings (SSSR count). The molecule has 0 amide bonds. The van der Waals surface area contributed by atoms with Crippen molar-refractivity contribution in [3.8, 4) is 11.1 Å². The third-order valence-corrected chi connectivity index (χ3v) is 10.4. The molecule has 0 fully saturated rings. The summed E-state index contributed by atoms with van der Waals surface area (Å²) in [5, 5.41) is 6.67. The van der Waals surface area contributed by atoms with Crippen LogP contribution in [0.5, 0.6) is 0 Å². The van der Waals surface area contributed by atoms with Crippen LogP contribution in [0.4, 0.5) is 0 Å². The van der Waals surface area contributed by atoms with E-state index in [-0.39, 0.29) is 0 Å². The van der Waals surface area contributed by atoms with Gasteiger partial charge >= 0.3 is 0 Å². The van der Waals surface area contributed by atoms with E-state index in [2.05, 4.69) is 156 Å². The lowest BCUT2D eigenvalue weighted by atomic mass is 9.80. The van der Waals surface area contributed by atoms with E-state index in [9.17, 15) is 0 Å². The van der Waals surface area contributed by atoms with Gasteiger partial charge in [0.05, 0.1) is 16.6 Å². The molecule has 2 aliphatic rings. The monoisotopic (exact) mass is 600 g/mol. The molecule has 1 atom stereocenters. The highest BCUT2D eigenvalue weighted by atomic mass is 15.0. The Morgan fingerprint density at radius 1 is 0.596 bits per heavy atom. The minimum absolute atomic E-state index is 0.347. The normalized spacial score (nSPS) is 16.0. The molecule has 222 valence electrons. The SMILES string of the molecule is C1=CCC(c2c3ccccc3c(-c3ccccc3)c3cc(C4=Cc5c(c6ccccc6n6c5nc5ccccc56)CC4)ccc23)C=C1. The van der Waals surface area contributed by atoms with Gasteiger partial charge in [-0.15, -0.1) is 0 Å². The molecule has 2 aromatic heterocycles. The lowest BCUT2D eigenvalue weighted by Gasteiger charge is -2.24. The van der Waals surface area contributed by atoms with Gasteiger partial charge in [-0.1, -0.05) is 121 Å². The lowest BCUT2D eigenvalue weighted by molar-refractivity contribution is 0.870. The highest BCUT2D eigenvalue weighted by molar-refractivity contribution is 6.16. The fraction of sp³-hybridized carbons (Fsp3) is 0.0889. The van der Waals surface area contributed by atoms with Crippen LogP contribution in [0.1, 0.15) is 41.0 Å². The molecular formula is C45H32N2. The Balaban J connectivity index is 1.25.